The molecule has 1 aliphatic rings. The molecule has 1 fully saturated rings. The standard InChI is InChI=1S/C21H23N3O2/c25-21(26)18-8-4-6-15(16(18)10-13-24-11-2-1-3-12-24)17-7-5-9-19-20(17)23-14-22-19/h4-9,14H,1-3,10-13H2,(H,22,23)(H,25,26). The highest BCUT2D eigenvalue weighted by molar-refractivity contribution is 5.97. The van der Waals surface area contributed by atoms with Crippen LogP contribution in [0.2, 0.25) is 0 Å². The van der Waals surface area contributed by atoms with Crippen LogP contribution in [0.3, 0.4) is 0 Å². The van der Waals surface area contributed by atoms with E-state index in [-0.39, 0.29) is 0 Å². The molecule has 1 aliphatic heterocycles. The summed E-state index contributed by atoms with van der Waals surface area (Å²) in [5.74, 6) is -0.866. The number of nitrogens with zero attached hydrogens (tertiary/aromatic N) is 2. The molecular formula is C21H23N3O2. The van der Waals surface area contributed by atoms with Crippen LogP contribution in [0.5, 0.6) is 0 Å². The number of carboxylic acids is 1. The molecule has 26 heavy (non-hydrogen) atoms. The number of H-pyrrole nitrogens is 1. The number of hydrogen-bond acceptors (Lipinski definition) is 3. The van der Waals surface area contributed by atoms with Gasteiger partial charge in [0.2, 0.25) is 0 Å². The molecule has 0 bridgehead atoms. The van der Waals surface area contributed by atoms with Crippen molar-refractivity contribution in [2.45, 2.75) is 25.7 Å². The van der Waals surface area contributed by atoms with Gasteiger partial charge in [0.1, 0.15) is 0 Å². The molecule has 0 spiro atoms. The number of nitrogens with one attached hydrogen (secondary N) is 1. The SMILES string of the molecule is O=C(O)c1cccc(-c2cccc3[nH]cnc23)c1CCN1CCCCC1. The number of carboxylic acid groups (broad SMARTS) is 1. The summed E-state index contributed by atoms with van der Waals surface area (Å²) >= 11 is 0. The van der Waals surface area contributed by atoms with Crippen LogP contribution in [0.1, 0.15) is 35.2 Å². The van der Waals surface area contributed by atoms with Crippen molar-refractivity contribution in [1.82, 2.24) is 14.9 Å². The molecule has 1 aromatic heterocycles. The van der Waals surface area contributed by atoms with E-state index < -0.39 is 5.97 Å². The molecule has 0 radical (unpaired) electrons. The lowest BCUT2D eigenvalue weighted by Crippen LogP contribution is -2.31. The van der Waals surface area contributed by atoms with Gasteiger partial charge in [-0.05, 0) is 55.6 Å². The molecule has 4 rings (SSSR count). The molecule has 5 nitrogen and oxygen atoms in total. The molecule has 2 aromatic carbocycles. The minimum atomic E-state index is -0.866. The van der Waals surface area contributed by atoms with Gasteiger partial charge in [0.25, 0.3) is 0 Å². The molecule has 134 valence electrons. The monoisotopic (exact) mass is 349 g/mol. The van der Waals surface area contributed by atoms with Gasteiger partial charge in [-0.25, -0.2) is 9.78 Å². The molecule has 0 amide bonds. The van der Waals surface area contributed by atoms with Gasteiger partial charge in [0, 0.05) is 12.1 Å². The fraction of sp³-hybridized carbons (Fsp3) is 0.333. The predicted molar refractivity (Wildman–Crippen MR) is 102 cm³/mol. The normalized spacial score (nSPS) is 15.4. The quantitative estimate of drug-likeness (QED) is 0.732. The minimum Gasteiger partial charge on any atom is -0.478 e. The second kappa shape index (κ2) is 7.30. The maximum atomic E-state index is 11.8. The zero-order valence-corrected chi connectivity index (χ0v) is 14.7. The summed E-state index contributed by atoms with van der Waals surface area (Å²) < 4.78 is 0. The number of fused-ring (bicyclic) bond motifs is 1. The Bertz CT molecular complexity index is 926. The van der Waals surface area contributed by atoms with Crippen molar-refractivity contribution in [2.24, 2.45) is 0 Å². The van der Waals surface area contributed by atoms with Crippen LogP contribution in [0, 0.1) is 0 Å². The average Bonchev–Trinajstić information content (AvgIpc) is 3.15. The van der Waals surface area contributed by atoms with Crippen molar-refractivity contribution in [3.8, 4) is 11.1 Å². The highest BCUT2D eigenvalue weighted by Gasteiger charge is 2.19. The summed E-state index contributed by atoms with van der Waals surface area (Å²) in [5, 5.41) is 9.71. The smallest absolute Gasteiger partial charge is 0.335 e. The summed E-state index contributed by atoms with van der Waals surface area (Å²) in [7, 11) is 0. The van der Waals surface area contributed by atoms with Crippen LogP contribution in [0.25, 0.3) is 22.2 Å². The Balaban J connectivity index is 1.75. The second-order valence-corrected chi connectivity index (χ2v) is 6.89. The fourth-order valence-corrected chi connectivity index (χ4v) is 3.94. The molecule has 0 aliphatic carbocycles. The van der Waals surface area contributed by atoms with E-state index in [1.54, 1.807) is 12.4 Å². The van der Waals surface area contributed by atoms with E-state index in [2.05, 4.69) is 14.9 Å². The number of carbonyl (C=O) groups is 1. The van der Waals surface area contributed by atoms with Gasteiger partial charge < -0.3 is 15.0 Å². The van der Waals surface area contributed by atoms with Crippen molar-refractivity contribution in [2.75, 3.05) is 19.6 Å². The highest BCUT2D eigenvalue weighted by Crippen LogP contribution is 2.32. The number of rotatable bonds is 5. The molecule has 1 saturated heterocycles. The number of likely N-dealkylation sites (tertiary alicyclic amines) is 1. The fourth-order valence-electron chi connectivity index (χ4n) is 3.94. The molecular weight excluding hydrogens is 326 g/mol. The number of para-hydroxylation sites is 1. The largest absolute Gasteiger partial charge is 0.478 e. The summed E-state index contributed by atoms with van der Waals surface area (Å²) in [6, 6.07) is 11.5. The third kappa shape index (κ3) is 3.22. The Morgan fingerprint density at radius 3 is 2.65 bits per heavy atom. The topological polar surface area (TPSA) is 69.2 Å². The zero-order chi connectivity index (χ0) is 17.9. The number of aromatic carboxylic acids is 1. The first-order valence-electron chi connectivity index (χ1n) is 9.24. The summed E-state index contributed by atoms with van der Waals surface area (Å²) in [6.07, 6.45) is 6.19. The van der Waals surface area contributed by atoms with Crippen LogP contribution in [-0.2, 0) is 6.42 Å². The van der Waals surface area contributed by atoms with E-state index in [4.69, 9.17) is 0 Å². The number of hydrogen-bond donors (Lipinski definition) is 2. The van der Waals surface area contributed by atoms with Gasteiger partial charge in [0.05, 0.1) is 22.9 Å². The Kier molecular flexibility index (Phi) is 4.71. The molecule has 0 saturated carbocycles. The number of aromatic nitrogens is 2. The van der Waals surface area contributed by atoms with Gasteiger partial charge in [-0.2, -0.15) is 0 Å². The van der Waals surface area contributed by atoms with Crippen LogP contribution in [-0.4, -0.2) is 45.6 Å². The van der Waals surface area contributed by atoms with E-state index in [9.17, 15) is 9.90 Å². The maximum absolute atomic E-state index is 11.8. The predicted octanol–water partition coefficient (Wildman–Crippen LogP) is 3.96. The summed E-state index contributed by atoms with van der Waals surface area (Å²) in [5.41, 5.74) is 5.10. The van der Waals surface area contributed by atoms with E-state index in [1.807, 2.05) is 30.3 Å². The third-order valence-electron chi connectivity index (χ3n) is 5.27. The third-order valence-corrected chi connectivity index (χ3v) is 5.27. The van der Waals surface area contributed by atoms with E-state index in [0.29, 0.717) is 5.56 Å². The van der Waals surface area contributed by atoms with E-state index >= 15 is 0 Å². The number of benzene rings is 2. The lowest BCUT2D eigenvalue weighted by molar-refractivity contribution is 0.0695. The van der Waals surface area contributed by atoms with Crippen LogP contribution in [0.15, 0.2) is 42.7 Å². The minimum absolute atomic E-state index is 0.395. The maximum Gasteiger partial charge on any atom is 0.335 e. The van der Waals surface area contributed by atoms with Gasteiger partial charge >= 0.3 is 5.97 Å². The Hall–Kier alpha value is -2.66. The van der Waals surface area contributed by atoms with Crippen molar-refractivity contribution in [1.29, 1.82) is 0 Å². The van der Waals surface area contributed by atoms with E-state index in [0.717, 1.165) is 53.8 Å². The van der Waals surface area contributed by atoms with Crippen molar-refractivity contribution < 1.29 is 9.90 Å². The molecule has 3 aromatic rings. The Morgan fingerprint density at radius 2 is 1.85 bits per heavy atom. The molecule has 5 heteroatoms. The zero-order valence-electron chi connectivity index (χ0n) is 14.7. The lowest BCUT2D eigenvalue weighted by Gasteiger charge is -2.27. The van der Waals surface area contributed by atoms with Gasteiger partial charge in [-0.15, -0.1) is 0 Å². The van der Waals surface area contributed by atoms with Gasteiger partial charge in [-0.1, -0.05) is 30.7 Å². The first kappa shape index (κ1) is 16.8. The van der Waals surface area contributed by atoms with Crippen molar-refractivity contribution in [3.63, 3.8) is 0 Å². The van der Waals surface area contributed by atoms with Crippen LogP contribution < -0.4 is 0 Å². The van der Waals surface area contributed by atoms with Gasteiger partial charge in [0.15, 0.2) is 0 Å². The molecule has 0 unspecified atom stereocenters. The average molecular weight is 349 g/mol. The summed E-state index contributed by atoms with van der Waals surface area (Å²) in [6.45, 7) is 3.12. The molecule has 2 heterocycles. The highest BCUT2D eigenvalue weighted by atomic mass is 16.4. The van der Waals surface area contributed by atoms with Crippen molar-refractivity contribution >= 4 is 17.0 Å². The number of imidazole rings is 1. The van der Waals surface area contributed by atoms with Crippen LogP contribution >= 0.6 is 0 Å². The Labute approximate surface area is 152 Å². The molecule has 0 atom stereocenters. The molecule has 2 N–H and O–H groups in total. The summed E-state index contributed by atoms with van der Waals surface area (Å²) in [4.78, 5) is 21.9. The second-order valence-electron chi connectivity index (χ2n) is 6.89. The lowest BCUT2D eigenvalue weighted by atomic mass is 9.92. The number of piperidine rings is 1. The first-order valence-corrected chi connectivity index (χ1v) is 9.24. The van der Waals surface area contributed by atoms with Gasteiger partial charge in [-0.3, -0.25) is 0 Å². The first-order chi connectivity index (χ1) is 12.7. The van der Waals surface area contributed by atoms with E-state index in [1.165, 1.54) is 19.3 Å². The Morgan fingerprint density at radius 1 is 1.08 bits per heavy atom. The number of aromatic amines is 1. The van der Waals surface area contributed by atoms with Crippen LogP contribution in [0.4, 0.5) is 0 Å². The van der Waals surface area contributed by atoms with Crippen molar-refractivity contribution in [3.05, 3.63) is 53.9 Å².